The molecule has 0 aliphatic heterocycles. The quantitative estimate of drug-likeness (QED) is 0.890. The third-order valence-corrected chi connectivity index (χ3v) is 3.97. The number of carbonyl (C=O) groups is 1. The Labute approximate surface area is 141 Å². The van der Waals surface area contributed by atoms with Crippen molar-refractivity contribution in [2.75, 3.05) is 18.9 Å². The first-order valence-electron chi connectivity index (χ1n) is 7.35. The summed E-state index contributed by atoms with van der Waals surface area (Å²) < 4.78 is 13.1. The van der Waals surface area contributed by atoms with Gasteiger partial charge in [-0.25, -0.2) is 4.39 Å². The fraction of sp³-hybridized carbons (Fsp3) is 0.278. The number of hydrogen-bond donors (Lipinski definition) is 1. The molecule has 0 aliphatic rings. The van der Waals surface area contributed by atoms with Crippen LogP contribution in [0.5, 0.6) is 0 Å². The highest BCUT2D eigenvalue weighted by Crippen LogP contribution is 2.20. The molecule has 0 atom stereocenters. The maximum Gasteiger partial charge on any atom is 0.238 e. The summed E-state index contributed by atoms with van der Waals surface area (Å²) in [6.07, 6.45) is 0. The van der Waals surface area contributed by atoms with Crippen LogP contribution in [-0.4, -0.2) is 24.4 Å². The van der Waals surface area contributed by atoms with E-state index in [1.807, 2.05) is 44.0 Å². The van der Waals surface area contributed by atoms with Crippen molar-refractivity contribution < 1.29 is 9.18 Å². The van der Waals surface area contributed by atoms with Crippen LogP contribution in [0, 0.1) is 19.7 Å². The first-order valence-corrected chi connectivity index (χ1v) is 7.73. The van der Waals surface area contributed by atoms with Crippen LogP contribution in [0.1, 0.15) is 16.7 Å². The lowest BCUT2D eigenvalue weighted by molar-refractivity contribution is -0.117. The van der Waals surface area contributed by atoms with E-state index in [1.54, 1.807) is 6.07 Å². The minimum atomic E-state index is -0.367. The normalized spacial score (nSPS) is 10.9. The van der Waals surface area contributed by atoms with Crippen LogP contribution < -0.4 is 5.32 Å². The lowest BCUT2D eigenvalue weighted by atomic mass is 10.1. The third kappa shape index (κ3) is 4.78. The number of anilines is 1. The van der Waals surface area contributed by atoms with E-state index in [1.165, 1.54) is 12.1 Å². The van der Waals surface area contributed by atoms with Gasteiger partial charge in [-0.2, -0.15) is 0 Å². The van der Waals surface area contributed by atoms with Gasteiger partial charge < -0.3 is 5.32 Å². The maximum atomic E-state index is 13.1. The Bertz CT molecular complexity index is 698. The number of nitrogens with one attached hydrogen (secondary N) is 1. The molecule has 0 aromatic heterocycles. The van der Waals surface area contributed by atoms with Crippen LogP contribution in [0.2, 0.25) is 5.02 Å². The lowest BCUT2D eigenvalue weighted by Gasteiger charge is -2.18. The smallest absolute Gasteiger partial charge is 0.238 e. The Morgan fingerprint density at radius 2 is 1.87 bits per heavy atom. The van der Waals surface area contributed by atoms with E-state index in [0.717, 1.165) is 22.4 Å². The number of hydrogen-bond acceptors (Lipinski definition) is 2. The Morgan fingerprint density at radius 1 is 1.22 bits per heavy atom. The van der Waals surface area contributed by atoms with Crippen LogP contribution in [-0.2, 0) is 11.3 Å². The summed E-state index contributed by atoms with van der Waals surface area (Å²) in [7, 11) is 1.82. The van der Waals surface area contributed by atoms with Gasteiger partial charge in [0.1, 0.15) is 5.82 Å². The van der Waals surface area contributed by atoms with Gasteiger partial charge in [0.05, 0.1) is 6.54 Å². The number of aryl methyl sites for hydroxylation is 2. The molecule has 0 fully saturated rings. The summed E-state index contributed by atoms with van der Waals surface area (Å²) in [5.74, 6) is -0.461. The number of benzene rings is 2. The zero-order valence-electron chi connectivity index (χ0n) is 13.5. The number of halogens is 2. The third-order valence-electron chi connectivity index (χ3n) is 3.61. The monoisotopic (exact) mass is 334 g/mol. The molecule has 0 radical (unpaired) electrons. The van der Waals surface area contributed by atoms with E-state index in [-0.39, 0.29) is 18.3 Å². The fourth-order valence-electron chi connectivity index (χ4n) is 2.43. The van der Waals surface area contributed by atoms with Crippen LogP contribution in [0.4, 0.5) is 10.1 Å². The van der Waals surface area contributed by atoms with E-state index < -0.39 is 0 Å². The van der Waals surface area contributed by atoms with Gasteiger partial charge in [-0.15, -0.1) is 0 Å². The van der Waals surface area contributed by atoms with Crippen LogP contribution in [0.15, 0.2) is 36.4 Å². The highest BCUT2D eigenvalue weighted by Gasteiger charge is 2.12. The van der Waals surface area contributed by atoms with Crippen molar-refractivity contribution in [3.05, 3.63) is 63.9 Å². The lowest BCUT2D eigenvalue weighted by Crippen LogP contribution is -2.30. The number of carbonyl (C=O) groups excluding carboxylic acids is 1. The van der Waals surface area contributed by atoms with Gasteiger partial charge in [0.25, 0.3) is 0 Å². The second kappa shape index (κ2) is 7.57. The maximum absolute atomic E-state index is 13.1. The molecule has 0 unspecified atom stereocenters. The first-order chi connectivity index (χ1) is 10.9. The average molecular weight is 335 g/mol. The fourth-order valence-corrected chi connectivity index (χ4v) is 2.66. The van der Waals surface area contributed by atoms with Gasteiger partial charge in [-0.1, -0.05) is 35.9 Å². The van der Waals surface area contributed by atoms with Crippen molar-refractivity contribution in [3.8, 4) is 0 Å². The Hall–Kier alpha value is -1.91. The highest BCUT2D eigenvalue weighted by atomic mass is 35.5. The van der Waals surface area contributed by atoms with E-state index in [2.05, 4.69) is 5.32 Å². The zero-order valence-corrected chi connectivity index (χ0v) is 14.2. The summed E-state index contributed by atoms with van der Waals surface area (Å²) in [6, 6.07) is 10.2. The van der Waals surface area contributed by atoms with Crippen molar-refractivity contribution in [1.82, 2.24) is 4.90 Å². The van der Waals surface area contributed by atoms with Crippen molar-refractivity contribution in [1.29, 1.82) is 0 Å². The second-order valence-corrected chi connectivity index (χ2v) is 6.13. The predicted octanol–water partition coefficient (Wildman–Crippen LogP) is 4.17. The SMILES string of the molecule is Cc1cccc(C)c1NC(=O)CN(C)Cc1ccc(F)cc1Cl. The molecule has 0 saturated carbocycles. The van der Waals surface area contributed by atoms with Crippen molar-refractivity contribution in [3.63, 3.8) is 0 Å². The largest absolute Gasteiger partial charge is 0.324 e. The van der Waals surface area contributed by atoms with Crippen LogP contribution in [0.3, 0.4) is 0 Å². The van der Waals surface area contributed by atoms with Gasteiger partial charge >= 0.3 is 0 Å². The molecule has 122 valence electrons. The number of nitrogens with zero attached hydrogens (tertiary/aromatic N) is 1. The second-order valence-electron chi connectivity index (χ2n) is 5.72. The Morgan fingerprint density at radius 3 is 2.48 bits per heavy atom. The molecule has 0 aliphatic carbocycles. The van der Waals surface area contributed by atoms with Gasteiger partial charge in [0.2, 0.25) is 5.91 Å². The summed E-state index contributed by atoms with van der Waals surface area (Å²) in [5, 5.41) is 3.31. The van der Waals surface area contributed by atoms with Crippen LogP contribution in [0.25, 0.3) is 0 Å². The number of rotatable bonds is 5. The van der Waals surface area contributed by atoms with E-state index in [0.29, 0.717) is 11.6 Å². The predicted molar refractivity (Wildman–Crippen MR) is 92.3 cm³/mol. The van der Waals surface area contributed by atoms with E-state index in [9.17, 15) is 9.18 Å². The van der Waals surface area contributed by atoms with E-state index in [4.69, 9.17) is 11.6 Å². The molecular formula is C18H20ClFN2O. The Kier molecular flexibility index (Phi) is 5.74. The van der Waals surface area contributed by atoms with Crippen LogP contribution >= 0.6 is 11.6 Å². The molecule has 2 aromatic rings. The molecule has 1 N–H and O–H groups in total. The van der Waals surface area contributed by atoms with Gasteiger partial charge in [0.15, 0.2) is 0 Å². The molecule has 0 heterocycles. The molecule has 0 spiro atoms. The minimum Gasteiger partial charge on any atom is -0.324 e. The summed E-state index contributed by atoms with van der Waals surface area (Å²) in [5.41, 5.74) is 3.70. The topological polar surface area (TPSA) is 32.3 Å². The zero-order chi connectivity index (χ0) is 17.0. The molecular weight excluding hydrogens is 315 g/mol. The number of amides is 1. The Balaban J connectivity index is 1.97. The molecule has 0 saturated heterocycles. The average Bonchev–Trinajstić information content (AvgIpc) is 2.46. The molecule has 1 amide bonds. The van der Waals surface area contributed by atoms with Gasteiger partial charge in [0, 0.05) is 17.3 Å². The first kappa shape index (κ1) is 17.4. The molecule has 3 nitrogen and oxygen atoms in total. The standard InChI is InChI=1S/C18H20ClFN2O/c1-12-5-4-6-13(2)18(12)21-17(23)11-22(3)10-14-7-8-15(20)9-16(14)19/h4-9H,10-11H2,1-3H3,(H,21,23). The molecule has 2 rings (SSSR count). The van der Waals surface area contributed by atoms with Crippen molar-refractivity contribution >= 4 is 23.2 Å². The van der Waals surface area contributed by atoms with Gasteiger partial charge in [-0.3, -0.25) is 9.69 Å². The van der Waals surface area contributed by atoms with Crippen molar-refractivity contribution in [2.24, 2.45) is 0 Å². The molecule has 5 heteroatoms. The summed E-state index contributed by atoms with van der Waals surface area (Å²) >= 11 is 6.01. The minimum absolute atomic E-state index is 0.0943. The number of likely N-dealkylation sites (N-methyl/N-ethyl adjacent to an activating group) is 1. The van der Waals surface area contributed by atoms with E-state index >= 15 is 0 Å². The molecule has 23 heavy (non-hydrogen) atoms. The van der Waals surface area contributed by atoms with Crippen molar-refractivity contribution in [2.45, 2.75) is 20.4 Å². The summed E-state index contributed by atoms with van der Waals surface area (Å²) in [4.78, 5) is 14.0. The molecule has 0 bridgehead atoms. The highest BCUT2D eigenvalue weighted by molar-refractivity contribution is 6.31. The number of para-hydroxylation sites is 1. The van der Waals surface area contributed by atoms with Gasteiger partial charge in [-0.05, 0) is 49.7 Å². The summed E-state index contributed by atoms with van der Waals surface area (Å²) in [6.45, 7) is 4.62. The molecule has 2 aromatic carbocycles.